The minimum absolute atomic E-state index is 0.343. The van der Waals surface area contributed by atoms with Crippen LogP contribution in [0.5, 0.6) is 0 Å². The van der Waals surface area contributed by atoms with E-state index in [1.165, 1.54) is 11.3 Å². The van der Waals surface area contributed by atoms with Crippen LogP contribution in [-0.4, -0.2) is 11.5 Å². The molecule has 0 spiro atoms. The van der Waals surface area contributed by atoms with Gasteiger partial charge in [0.1, 0.15) is 5.78 Å². The molecule has 1 aliphatic heterocycles. The summed E-state index contributed by atoms with van der Waals surface area (Å²) < 4.78 is 0. The van der Waals surface area contributed by atoms with E-state index in [0.717, 1.165) is 12.1 Å². The van der Waals surface area contributed by atoms with Crippen LogP contribution in [0.3, 0.4) is 0 Å². The monoisotopic (exact) mass is 245 g/mol. The first kappa shape index (κ1) is 14.6. The average Bonchev–Trinajstić information content (AvgIpc) is 2.40. The highest BCUT2D eigenvalue weighted by molar-refractivity contribution is 5.88. The molecule has 0 aromatic heterocycles. The van der Waals surface area contributed by atoms with Crippen LogP contribution in [0, 0.1) is 5.92 Å². The summed E-state index contributed by atoms with van der Waals surface area (Å²) in [7, 11) is 0. The van der Waals surface area contributed by atoms with E-state index in [2.05, 4.69) is 37.0 Å². The van der Waals surface area contributed by atoms with Crippen molar-refractivity contribution in [3.05, 3.63) is 29.8 Å². The summed E-state index contributed by atoms with van der Waals surface area (Å²) >= 11 is 0. The number of para-hydroxylation sites is 1. The van der Waals surface area contributed by atoms with E-state index in [-0.39, 0.29) is 0 Å². The normalized spacial score (nSPS) is 17.1. The quantitative estimate of drug-likeness (QED) is 0.761. The Kier molecular flexibility index (Phi) is 5.76. The molecular formula is C16H23NO. The smallest absolute Gasteiger partial charge is 0.132 e. The van der Waals surface area contributed by atoms with Crippen molar-refractivity contribution in [2.24, 2.45) is 10.9 Å². The van der Waals surface area contributed by atoms with E-state index in [4.69, 9.17) is 0 Å². The predicted molar refractivity (Wildman–Crippen MR) is 77.7 cm³/mol. The van der Waals surface area contributed by atoms with Gasteiger partial charge in [-0.3, -0.25) is 9.79 Å². The summed E-state index contributed by atoms with van der Waals surface area (Å²) in [5, 5.41) is 0. The first-order chi connectivity index (χ1) is 8.58. The highest BCUT2D eigenvalue weighted by atomic mass is 16.1. The third kappa shape index (κ3) is 4.10. The van der Waals surface area contributed by atoms with Crippen LogP contribution >= 0.6 is 0 Å². The zero-order chi connectivity index (χ0) is 13.5. The van der Waals surface area contributed by atoms with Crippen molar-refractivity contribution in [1.29, 1.82) is 0 Å². The molecule has 1 atom stereocenters. The van der Waals surface area contributed by atoms with Gasteiger partial charge in [-0.05, 0) is 30.9 Å². The molecule has 0 aliphatic carbocycles. The lowest BCUT2D eigenvalue weighted by Crippen LogP contribution is -2.13. The first-order valence-corrected chi connectivity index (χ1v) is 6.73. The van der Waals surface area contributed by atoms with E-state index in [1.54, 1.807) is 0 Å². The van der Waals surface area contributed by atoms with Crippen LogP contribution in [0.4, 0.5) is 5.69 Å². The molecule has 0 saturated heterocycles. The van der Waals surface area contributed by atoms with Crippen molar-refractivity contribution < 1.29 is 4.79 Å². The number of hydrogen-bond acceptors (Lipinski definition) is 2. The van der Waals surface area contributed by atoms with Gasteiger partial charge < -0.3 is 0 Å². The summed E-state index contributed by atoms with van der Waals surface area (Å²) in [5.74, 6) is 0.954. The summed E-state index contributed by atoms with van der Waals surface area (Å²) in [6.07, 6.45) is 2.53. The maximum Gasteiger partial charge on any atom is 0.132 e. The number of carbonyl (C=O) groups excluding carboxylic acids is 1. The summed E-state index contributed by atoms with van der Waals surface area (Å²) in [6.45, 7) is 8.10. The topological polar surface area (TPSA) is 29.4 Å². The van der Waals surface area contributed by atoms with Gasteiger partial charge in [0.2, 0.25) is 0 Å². The Morgan fingerprint density at radius 3 is 2.44 bits per heavy atom. The molecule has 0 saturated carbocycles. The number of fused-ring (bicyclic) bond motifs is 1. The molecule has 1 heterocycles. The molecule has 0 bridgehead atoms. The lowest BCUT2D eigenvalue weighted by Gasteiger charge is -2.18. The largest absolute Gasteiger partial charge is 0.300 e. The van der Waals surface area contributed by atoms with Gasteiger partial charge in [-0.2, -0.15) is 0 Å². The number of benzene rings is 1. The van der Waals surface area contributed by atoms with Crippen LogP contribution < -0.4 is 0 Å². The standard InChI is InChI=1S/C11H13N.C5H10O/c1-8-7-10-5-3-4-6-11(10)12-9(8)2;1-3-5(6)4-2/h3-6,8H,7H2,1-2H3;3-4H2,1-2H3. The van der Waals surface area contributed by atoms with Crippen molar-refractivity contribution >= 4 is 17.2 Å². The lowest BCUT2D eigenvalue weighted by atomic mass is 9.93. The highest BCUT2D eigenvalue weighted by Crippen LogP contribution is 2.27. The fourth-order valence-corrected chi connectivity index (χ4v) is 1.82. The summed E-state index contributed by atoms with van der Waals surface area (Å²) in [4.78, 5) is 14.7. The average molecular weight is 245 g/mol. The minimum Gasteiger partial charge on any atom is -0.300 e. The van der Waals surface area contributed by atoms with Crippen LogP contribution in [0.2, 0.25) is 0 Å². The van der Waals surface area contributed by atoms with E-state index in [9.17, 15) is 4.79 Å². The number of aliphatic imine (C=N–C) groups is 1. The Labute approximate surface area is 110 Å². The molecule has 98 valence electrons. The van der Waals surface area contributed by atoms with Gasteiger partial charge in [0.15, 0.2) is 0 Å². The highest BCUT2D eigenvalue weighted by Gasteiger charge is 2.14. The fraction of sp³-hybridized carbons (Fsp3) is 0.500. The SMILES string of the molecule is CC1=Nc2ccccc2CC1C.CCC(=O)CC. The number of ketones is 1. The molecule has 1 aliphatic rings. The second-order valence-corrected chi connectivity index (χ2v) is 4.73. The van der Waals surface area contributed by atoms with Gasteiger partial charge in [0.25, 0.3) is 0 Å². The van der Waals surface area contributed by atoms with Gasteiger partial charge >= 0.3 is 0 Å². The second kappa shape index (κ2) is 7.10. The van der Waals surface area contributed by atoms with Gasteiger partial charge in [-0.15, -0.1) is 0 Å². The van der Waals surface area contributed by atoms with Crippen LogP contribution in [0.25, 0.3) is 0 Å². The van der Waals surface area contributed by atoms with Gasteiger partial charge in [-0.1, -0.05) is 39.0 Å². The maximum absolute atomic E-state index is 10.2. The third-order valence-corrected chi connectivity index (χ3v) is 3.32. The molecule has 0 amide bonds. The summed E-state index contributed by atoms with van der Waals surface area (Å²) in [5.41, 5.74) is 3.80. The van der Waals surface area contributed by atoms with Crippen LogP contribution in [0.1, 0.15) is 46.1 Å². The van der Waals surface area contributed by atoms with Gasteiger partial charge in [-0.25, -0.2) is 0 Å². The van der Waals surface area contributed by atoms with Crippen molar-refractivity contribution in [3.8, 4) is 0 Å². The second-order valence-electron chi connectivity index (χ2n) is 4.73. The Bertz CT molecular complexity index is 428. The van der Waals surface area contributed by atoms with Crippen molar-refractivity contribution in [2.45, 2.75) is 47.0 Å². The first-order valence-electron chi connectivity index (χ1n) is 6.73. The number of hydrogen-bond donors (Lipinski definition) is 0. The van der Waals surface area contributed by atoms with E-state index < -0.39 is 0 Å². The van der Waals surface area contributed by atoms with Crippen molar-refractivity contribution in [2.75, 3.05) is 0 Å². The van der Waals surface area contributed by atoms with Crippen molar-refractivity contribution in [3.63, 3.8) is 0 Å². The van der Waals surface area contributed by atoms with E-state index in [1.807, 2.05) is 19.9 Å². The third-order valence-electron chi connectivity index (χ3n) is 3.32. The number of carbonyl (C=O) groups is 1. The molecule has 0 radical (unpaired) electrons. The zero-order valence-electron chi connectivity index (χ0n) is 11.9. The van der Waals surface area contributed by atoms with Crippen LogP contribution in [0.15, 0.2) is 29.3 Å². The summed E-state index contributed by atoms with van der Waals surface area (Å²) in [6, 6.07) is 8.39. The van der Waals surface area contributed by atoms with Gasteiger partial charge in [0.05, 0.1) is 5.69 Å². The van der Waals surface area contributed by atoms with E-state index in [0.29, 0.717) is 24.5 Å². The molecule has 1 aromatic rings. The zero-order valence-corrected chi connectivity index (χ0v) is 11.9. The minimum atomic E-state index is 0.343. The van der Waals surface area contributed by atoms with E-state index >= 15 is 0 Å². The number of nitrogens with zero attached hydrogens (tertiary/aromatic N) is 1. The Morgan fingerprint density at radius 2 is 1.89 bits per heavy atom. The lowest BCUT2D eigenvalue weighted by molar-refractivity contribution is -0.118. The van der Waals surface area contributed by atoms with Gasteiger partial charge in [0, 0.05) is 18.6 Å². The molecule has 18 heavy (non-hydrogen) atoms. The predicted octanol–water partition coefficient (Wildman–Crippen LogP) is 4.35. The molecule has 0 N–H and O–H groups in total. The Hall–Kier alpha value is -1.44. The fourth-order valence-electron chi connectivity index (χ4n) is 1.82. The molecule has 1 unspecified atom stereocenters. The Morgan fingerprint density at radius 1 is 1.28 bits per heavy atom. The molecule has 2 heteroatoms. The molecule has 0 fully saturated rings. The molecule has 1 aromatic carbocycles. The number of Topliss-reactive ketones (excluding diaryl/α,β-unsaturated/α-hetero) is 1. The van der Waals surface area contributed by atoms with Crippen LogP contribution in [-0.2, 0) is 11.2 Å². The van der Waals surface area contributed by atoms with Crippen molar-refractivity contribution in [1.82, 2.24) is 0 Å². The molecule has 2 nitrogen and oxygen atoms in total. The maximum atomic E-state index is 10.2. The number of rotatable bonds is 2. The molecule has 2 rings (SSSR count). The Balaban J connectivity index is 0.000000232. The molecular weight excluding hydrogens is 222 g/mol.